The largest absolute Gasteiger partial charge is 0.458 e. The first-order chi connectivity index (χ1) is 21.9. The van der Waals surface area contributed by atoms with Gasteiger partial charge in [0, 0.05) is 29.4 Å². The van der Waals surface area contributed by atoms with Gasteiger partial charge in [-0.25, -0.2) is 36.3 Å². The lowest BCUT2D eigenvalue weighted by Gasteiger charge is -2.12. The second-order valence-corrected chi connectivity index (χ2v) is 10.6. The van der Waals surface area contributed by atoms with E-state index in [1.807, 2.05) is 0 Å². The number of aromatic nitrogens is 2. The molecule has 1 heterocycles. The Kier molecular flexibility index (Phi) is 9.37. The highest BCUT2D eigenvalue weighted by atomic mass is 19.4. The van der Waals surface area contributed by atoms with Crippen molar-refractivity contribution in [1.82, 2.24) is 9.97 Å². The molecule has 0 aliphatic carbocycles. The Labute approximate surface area is 257 Å². The van der Waals surface area contributed by atoms with Crippen LogP contribution in [-0.2, 0) is 6.42 Å². The number of fused-ring (bicyclic) bond motifs is 1. The molecule has 11 heteroatoms. The highest BCUT2D eigenvalue weighted by molar-refractivity contribution is 5.90. The number of benzene rings is 4. The number of alkyl halides is 3. The van der Waals surface area contributed by atoms with E-state index >= 15 is 13.2 Å². The van der Waals surface area contributed by atoms with Crippen molar-refractivity contribution in [2.45, 2.75) is 45.2 Å². The third-order valence-electron chi connectivity index (χ3n) is 7.30. The molecule has 0 radical (unpaired) electrons. The summed E-state index contributed by atoms with van der Waals surface area (Å²) < 4.78 is 127. The van der Waals surface area contributed by atoms with Gasteiger partial charge in [0.1, 0.15) is 29.1 Å². The molecule has 0 saturated carbocycles. The van der Waals surface area contributed by atoms with E-state index in [2.05, 4.69) is 16.9 Å². The Morgan fingerprint density at radius 3 is 1.96 bits per heavy atom. The number of hydrogen-bond donors (Lipinski definition) is 0. The van der Waals surface area contributed by atoms with Crippen molar-refractivity contribution in [3.05, 3.63) is 107 Å². The standard InChI is InChI=1S/C35H23F9N2/c1-2-3-4-5-6-19-17-45-34(46-18-19)20-7-8-24(26(36)12-20)21-13-28(38)31(29(39)14-21)22-11-23-15-27(37)25(9-10-35(42,43)44)33(41)32(23)30(40)16-22/h7-8,11-18H,2-6H2,1H3. The lowest BCUT2D eigenvalue weighted by atomic mass is 9.95. The van der Waals surface area contributed by atoms with Crippen LogP contribution in [0, 0.1) is 46.7 Å². The van der Waals surface area contributed by atoms with Crippen LogP contribution in [0.15, 0.2) is 60.9 Å². The first kappa shape index (κ1) is 32.5. The molecule has 236 valence electrons. The monoisotopic (exact) mass is 642 g/mol. The van der Waals surface area contributed by atoms with Crippen LogP contribution in [-0.4, -0.2) is 16.1 Å². The summed E-state index contributed by atoms with van der Waals surface area (Å²) in [6, 6.07) is 7.51. The molecule has 0 aliphatic rings. The van der Waals surface area contributed by atoms with Gasteiger partial charge in [0.25, 0.3) is 0 Å². The van der Waals surface area contributed by atoms with Crippen molar-refractivity contribution in [3.8, 4) is 45.5 Å². The Morgan fingerprint density at radius 2 is 1.33 bits per heavy atom. The fourth-order valence-electron chi connectivity index (χ4n) is 5.09. The van der Waals surface area contributed by atoms with Gasteiger partial charge in [-0.3, -0.25) is 0 Å². The van der Waals surface area contributed by atoms with E-state index in [1.165, 1.54) is 18.1 Å². The zero-order chi connectivity index (χ0) is 33.2. The molecule has 0 amide bonds. The van der Waals surface area contributed by atoms with Crippen LogP contribution < -0.4 is 0 Å². The first-order valence-electron chi connectivity index (χ1n) is 14.2. The van der Waals surface area contributed by atoms with Crippen LogP contribution in [0.3, 0.4) is 0 Å². The smallest absolute Gasteiger partial charge is 0.236 e. The summed E-state index contributed by atoms with van der Waals surface area (Å²) in [6.07, 6.45) is 3.46. The maximum Gasteiger partial charge on any atom is 0.458 e. The number of nitrogens with zero attached hydrogens (tertiary/aromatic N) is 2. The number of hydrogen-bond acceptors (Lipinski definition) is 2. The highest BCUT2D eigenvalue weighted by Gasteiger charge is 2.25. The van der Waals surface area contributed by atoms with Gasteiger partial charge < -0.3 is 0 Å². The Hall–Kier alpha value is -4.85. The van der Waals surface area contributed by atoms with Gasteiger partial charge in [-0.1, -0.05) is 44.2 Å². The predicted octanol–water partition coefficient (Wildman–Crippen LogP) is 10.5. The van der Waals surface area contributed by atoms with E-state index in [0.29, 0.717) is 23.6 Å². The van der Waals surface area contributed by atoms with E-state index in [9.17, 15) is 26.3 Å². The third kappa shape index (κ3) is 7.01. The summed E-state index contributed by atoms with van der Waals surface area (Å²) in [5.41, 5.74) is -1.58. The summed E-state index contributed by atoms with van der Waals surface area (Å²) in [7, 11) is 0. The molecule has 0 N–H and O–H groups in total. The van der Waals surface area contributed by atoms with Gasteiger partial charge in [-0.15, -0.1) is 0 Å². The van der Waals surface area contributed by atoms with Gasteiger partial charge in [-0.2, -0.15) is 13.2 Å². The highest BCUT2D eigenvalue weighted by Crippen LogP contribution is 2.36. The normalized spacial score (nSPS) is 11.5. The molecular weight excluding hydrogens is 619 g/mol. The van der Waals surface area contributed by atoms with E-state index in [-0.39, 0.29) is 17.0 Å². The molecule has 0 bridgehead atoms. The second kappa shape index (κ2) is 13.3. The van der Waals surface area contributed by atoms with Gasteiger partial charge in [-0.05, 0) is 71.3 Å². The van der Waals surface area contributed by atoms with Crippen molar-refractivity contribution in [2.24, 2.45) is 0 Å². The average Bonchev–Trinajstić information content (AvgIpc) is 2.98. The van der Waals surface area contributed by atoms with Crippen LogP contribution in [0.1, 0.15) is 43.7 Å². The van der Waals surface area contributed by atoms with Crippen molar-refractivity contribution in [3.63, 3.8) is 0 Å². The molecule has 0 atom stereocenters. The average molecular weight is 643 g/mol. The third-order valence-corrected chi connectivity index (χ3v) is 7.30. The van der Waals surface area contributed by atoms with Crippen molar-refractivity contribution < 1.29 is 39.5 Å². The quantitative estimate of drug-likeness (QED) is 0.0957. The van der Waals surface area contributed by atoms with Crippen LogP contribution >= 0.6 is 0 Å². The maximum absolute atomic E-state index is 15.3. The van der Waals surface area contributed by atoms with E-state index in [0.717, 1.165) is 61.9 Å². The summed E-state index contributed by atoms with van der Waals surface area (Å²) in [5.74, 6) is -5.64. The molecule has 0 fully saturated rings. The van der Waals surface area contributed by atoms with Crippen LogP contribution in [0.2, 0.25) is 0 Å². The molecule has 46 heavy (non-hydrogen) atoms. The number of aryl methyl sites for hydroxylation is 1. The topological polar surface area (TPSA) is 25.8 Å². The molecule has 0 saturated heterocycles. The maximum atomic E-state index is 15.3. The van der Waals surface area contributed by atoms with Crippen LogP contribution in [0.5, 0.6) is 0 Å². The molecule has 1 aromatic heterocycles. The zero-order valence-corrected chi connectivity index (χ0v) is 24.1. The molecule has 2 nitrogen and oxygen atoms in total. The SMILES string of the molecule is CCCCCCc1cnc(-c2ccc(-c3cc(F)c(-c4cc(F)c5c(F)c(C#CC(F)(F)F)c(F)cc5c4)c(F)c3)c(F)c2)nc1. The van der Waals surface area contributed by atoms with E-state index in [4.69, 9.17) is 0 Å². The summed E-state index contributed by atoms with van der Waals surface area (Å²) >= 11 is 0. The fourth-order valence-corrected chi connectivity index (χ4v) is 5.09. The summed E-state index contributed by atoms with van der Waals surface area (Å²) in [5, 5.41) is -1.43. The molecule has 0 aliphatic heterocycles. The molecule has 4 aromatic carbocycles. The van der Waals surface area contributed by atoms with E-state index < -0.39 is 68.5 Å². The van der Waals surface area contributed by atoms with Crippen molar-refractivity contribution >= 4 is 10.8 Å². The Bertz CT molecular complexity index is 1970. The summed E-state index contributed by atoms with van der Waals surface area (Å²) in [6.45, 7) is 2.12. The van der Waals surface area contributed by atoms with Crippen LogP contribution in [0.4, 0.5) is 39.5 Å². The Morgan fingerprint density at radius 1 is 0.674 bits per heavy atom. The number of unbranched alkanes of at least 4 members (excludes halogenated alkanes) is 3. The van der Waals surface area contributed by atoms with Crippen molar-refractivity contribution in [1.29, 1.82) is 0 Å². The van der Waals surface area contributed by atoms with Gasteiger partial charge in [0.05, 0.1) is 16.5 Å². The first-order valence-corrected chi connectivity index (χ1v) is 14.2. The Balaban J connectivity index is 1.44. The lowest BCUT2D eigenvalue weighted by molar-refractivity contribution is -0.0696. The minimum absolute atomic E-state index is 0.151. The summed E-state index contributed by atoms with van der Waals surface area (Å²) in [4.78, 5) is 8.60. The van der Waals surface area contributed by atoms with E-state index in [1.54, 1.807) is 12.4 Å². The molecule has 5 rings (SSSR count). The van der Waals surface area contributed by atoms with Gasteiger partial charge >= 0.3 is 6.18 Å². The molecule has 5 aromatic rings. The van der Waals surface area contributed by atoms with Gasteiger partial charge in [0.15, 0.2) is 11.6 Å². The number of rotatable bonds is 8. The molecule has 0 unspecified atom stereocenters. The zero-order valence-electron chi connectivity index (χ0n) is 24.1. The van der Waals surface area contributed by atoms with Gasteiger partial charge in [0.2, 0.25) is 0 Å². The minimum atomic E-state index is -5.06. The van der Waals surface area contributed by atoms with Crippen molar-refractivity contribution in [2.75, 3.05) is 0 Å². The predicted molar refractivity (Wildman–Crippen MR) is 156 cm³/mol. The minimum Gasteiger partial charge on any atom is -0.236 e. The molecular formula is C35H23F9N2. The molecule has 0 spiro atoms. The lowest BCUT2D eigenvalue weighted by Crippen LogP contribution is -2.03. The number of halogens is 9. The fraction of sp³-hybridized carbons (Fsp3) is 0.200. The second-order valence-electron chi connectivity index (χ2n) is 10.6. The van der Waals surface area contributed by atoms with Crippen LogP contribution in [0.25, 0.3) is 44.4 Å².